The first kappa shape index (κ1) is 24.7. The van der Waals surface area contributed by atoms with Gasteiger partial charge in [0.2, 0.25) is 0 Å². The molecule has 9 heteroatoms. The normalized spacial score (nSPS) is 15.0. The van der Waals surface area contributed by atoms with Crippen LogP contribution in [0.25, 0.3) is 0 Å². The van der Waals surface area contributed by atoms with Crippen molar-refractivity contribution in [1.29, 1.82) is 0 Å². The third kappa shape index (κ3) is 7.57. The van der Waals surface area contributed by atoms with Crippen LogP contribution in [0, 0.1) is 0 Å². The molecular weight excluding hydrogens is 451 g/mol. The Labute approximate surface area is 192 Å². The first-order valence-corrected chi connectivity index (χ1v) is 12.3. The summed E-state index contributed by atoms with van der Waals surface area (Å²) in [6.07, 6.45) is -2.33. The number of hydrogen-bond donors (Lipinski definition) is 0. The van der Waals surface area contributed by atoms with Gasteiger partial charge in [-0.05, 0) is 30.3 Å². The van der Waals surface area contributed by atoms with Crippen LogP contribution in [-0.2, 0) is 22.6 Å². The van der Waals surface area contributed by atoms with Crippen LogP contribution in [0.2, 0.25) is 0 Å². The predicted octanol–water partition coefficient (Wildman–Crippen LogP) is 4.51. The van der Waals surface area contributed by atoms with E-state index < -0.39 is 21.6 Å². The van der Waals surface area contributed by atoms with E-state index in [9.17, 15) is 21.6 Å². The van der Waals surface area contributed by atoms with E-state index in [0.717, 1.165) is 18.0 Å². The number of rotatable bonds is 4. The number of aromatic nitrogens is 1. The minimum atomic E-state index is -4.38. The fourth-order valence-corrected chi connectivity index (χ4v) is 4.04. The highest BCUT2D eigenvalue weighted by molar-refractivity contribution is 7.90. The van der Waals surface area contributed by atoms with Crippen molar-refractivity contribution in [2.75, 3.05) is 37.3 Å². The second-order valence-electron chi connectivity index (χ2n) is 7.72. The van der Waals surface area contributed by atoms with Crippen molar-refractivity contribution >= 4 is 15.5 Å². The van der Waals surface area contributed by atoms with Crippen LogP contribution in [-0.4, -0.2) is 50.7 Å². The molecule has 0 aliphatic carbocycles. The van der Waals surface area contributed by atoms with Crippen molar-refractivity contribution in [3.8, 4) is 0 Å². The van der Waals surface area contributed by atoms with Gasteiger partial charge in [-0.3, -0.25) is 9.88 Å². The molecule has 0 saturated carbocycles. The Bertz CT molecular complexity index is 1090. The van der Waals surface area contributed by atoms with Gasteiger partial charge in [0.1, 0.15) is 0 Å². The lowest BCUT2D eigenvalue weighted by Crippen LogP contribution is -2.46. The van der Waals surface area contributed by atoms with E-state index in [0.29, 0.717) is 38.4 Å². The quantitative estimate of drug-likeness (QED) is 0.553. The van der Waals surface area contributed by atoms with Gasteiger partial charge in [-0.2, -0.15) is 13.2 Å². The van der Waals surface area contributed by atoms with Gasteiger partial charge in [0, 0.05) is 50.9 Å². The van der Waals surface area contributed by atoms with Gasteiger partial charge in [0.15, 0.2) is 9.84 Å². The molecule has 1 fully saturated rings. The topological polar surface area (TPSA) is 53.5 Å². The molecule has 1 aliphatic rings. The summed E-state index contributed by atoms with van der Waals surface area (Å²) in [5.74, 6) is 0. The standard InChI is InChI=1S/C18H20F3N3O2S.C6H6/c1-27(25,26)17-4-2-3-16(11-17)24-9-7-23(8-10-24)13-15-6-5-14(12-22-15)18(19,20)21;1-2-4-6-5-3-1/h2-6,11-12H,7-10,13H2,1H3;1-6H. The summed E-state index contributed by atoms with van der Waals surface area (Å²) >= 11 is 0. The minimum Gasteiger partial charge on any atom is -0.369 e. The van der Waals surface area contributed by atoms with Crippen molar-refractivity contribution in [2.45, 2.75) is 17.6 Å². The number of alkyl halides is 3. The third-order valence-electron chi connectivity index (χ3n) is 5.19. The van der Waals surface area contributed by atoms with E-state index in [2.05, 4.69) is 14.8 Å². The molecule has 176 valence electrons. The maximum absolute atomic E-state index is 12.6. The summed E-state index contributed by atoms with van der Waals surface area (Å²) in [4.78, 5) is 8.42. The second kappa shape index (κ2) is 10.8. The Kier molecular flexibility index (Phi) is 8.10. The zero-order valence-corrected chi connectivity index (χ0v) is 19.1. The molecule has 1 aromatic heterocycles. The summed E-state index contributed by atoms with van der Waals surface area (Å²) in [6.45, 7) is 3.31. The van der Waals surface area contributed by atoms with Gasteiger partial charge in [0.05, 0.1) is 16.2 Å². The van der Waals surface area contributed by atoms with E-state index in [-0.39, 0.29) is 4.90 Å². The van der Waals surface area contributed by atoms with Crippen LogP contribution >= 0.6 is 0 Å². The van der Waals surface area contributed by atoms with Crippen molar-refractivity contribution < 1.29 is 21.6 Å². The molecule has 2 heterocycles. The molecular formula is C24H26F3N3O2S. The number of hydrogen-bond acceptors (Lipinski definition) is 5. The van der Waals surface area contributed by atoms with Crippen molar-refractivity contribution in [2.24, 2.45) is 0 Å². The first-order chi connectivity index (χ1) is 15.6. The molecule has 1 aliphatic heterocycles. The fraction of sp³-hybridized carbons (Fsp3) is 0.292. The summed E-state index contributed by atoms with van der Waals surface area (Å²) in [6, 6.07) is 21.3. The molecule has 0 amide bonds. The molecule has 0 radical (unpaired) electrons. The molecule has 2 aromatic carbocycles. The predicted molar refractivity (Wildman–Crippen MR) is 123 cm³/mol. The molecule has 3 aromatic rings. The second-order valence-corrected chi connectivity index (χ2v) is 9.74. The van der Waals surface area contributed by atoms with E-state index in [1.807, 2.05) is 42.5 Å². The molecule has 0 bridgehead atoms. The number of anilines is 1. The molecule has 4 rings (SSSR count). The Morgan fingerprint density at radius 2 is 1.48 bits per heavy atom. The Morgan fingerprint density at radius 1 is 0.879 bits per heavy atom. The average molecular weight is 478 g/mol. The average Bonchev–Trinajstić information content (AvgIpc) is 2.80. The highest BCUT2D eigenvalue weighted by atomic mass is 32.2. The highest BCUT2D eigenvalue weighted by Crippen LogP contribution is 2.28. The number of benzene rings is 2. The fourth-order valence-electron chi connectivity index (χ4n) is 3.37. The molecule has 5 nitrogen and oxygen atoms in total. The van der Waals surface area contributed by atoms with Gasteiger partial charge >= 0.3 is 6.18 Å². The van der Waals surface area contributed by atoms with Gasteiger partial charge in [-0.25, -0.2) is 8.42 Å². The van der Waals surface area contributed by atoms with Gasteiger partial charge in [-0.15, -0.1) is 0 Å². The van der Waals surface area contributed by atoms with E-state index in [1.165, 1.54) is 12.3 Å². The van der Waals surface area contributed by atoms with Crippen molar-refractivity contribution in [3.63, 3.8) is 0 Å². The number of halogens is 3. The minimum absolute atomic E-state index is 0.288. The van der Waals surface area contributed by atoms with Crippen LogP contribution in [0.4, 0.5) is 18.9 Å². The van der Waals surface area contributed by atoms with Gasteiger partial charge in [0.25, 0.3) is 0 Å². The monoisotopic (exact) mass is 477 g/mol. The first-order valence-electron chi connectivity index (χ1n) is 10.4. The summed E-state index contributed by atoms with van der Waals surface area (Å²) < 4.78 is 61.2. The molecule has 0 N–H and O–H groups in total. The lowest BCUT2D eigenvalue weighted by Gasteiger charge is -2.36. The van der Waals surface area contributed by atoms with Crippen LogP contribution in [0.3, 0.4) is 0 Å². The Balaban J connectivity index is 0.000000442. The highest BCUT2D eigenvalue weighted by Gasteiger charge is 2.30. The third-order valence-corrected chi connectivity index (χ3v) is 6.30. The smallest absolute Gasteiger partial charge is 0.369 e. The Morgan fingerprint density at radius 3 is 1.97 bits per heavy atom. The summed E-state index contributed by atoms with van der Waals surface area (Å²) in [7, 11) is -3.25. The molecule has 0 atom stereocenters. The van der Waals surface area contributed by atoms with Crippen LogP contribution in [0.15, 0.2) is 83.9 Å². The lowest BCUT2D eigenvalue weighted by molar-refractivity contribution is -0.137. The number of sulfone groups is 1. The lowest BCUT2D eigenvalue weighted by atomic mass is 10.2. The molecule has 0 spiro atoms. The number of piperazine rings is 1. The summed E-state index contributed by atoms with van der Waals surface area (Å²) in [5, 5.41) is 0. The maximum atomic E-state index is 12.6. The van der Waals surface area contributed by atoms with Crippen molar-refractivity contribution in [1.82, 2.24) is 9.88 Å². The van der Waals surface area contributed by atoms with E-state index in [4.69, 9.17) is 0 Å². The SMILES string of the molecule is CS(=O)(=O)c1cccc(N2CCN(Cc3ccc(C(F)(F)F)cn3)CC2)c1.c1ccccc1. The number of pyridine rings is 1. The summed E-state index contributed by atoms with van der Waals surface area (Å²) in [5.41, 5.74) is 0.697. The largest absolute Gasteiger partial charge is 0.417 e. The van der Waals surface area contributed by atoms with E-state index in [1.54, 1.807) is 18.2 Å². The molecule has 0 unspecified atom stereocenters. The van der Waals surface area contributed by atoms with Gasteiger partial charge < -0.3 is 4.90 Å². The van der Waals surface area contributed by atoms with Crippen LogP contribution in [0.1, 0.15) is 11.3 Å². The van der Waals surface area contributed by atoms with Crippen LogP contribution in [0.5, 0.6) is 0 Å². The Hall–Kier alpha value is -2.91. The zero-order chi connectivity index (χ0) is 23.9. The molecule has 33 heavy (non-hydrogen) atoms. The van der Waals surface area contributed by atoms with Gasteiger partial charge in [-0.1, -0.05) is 42.5 Å². The zero-order valence-electron chi connectivity index (χ0n) is 18.2. The molecule has 1 saturated heterocycles. The number of nitrogens with zero attached hydrogens (tertiary/aromatic N) is 3. The van der Waals surface area contributed by atoms with E-state index >= 15 is 0 Å². The maximum Gasteiger partial charge on any atom is 0.417 e. The van der Waals surface area contributed by atoms with Crippen LogP contribution < -0.4 is 4.90 Å². The van der Waals surface area contributed by atoms with Crippen molar-refractivity contribution in [3.05, 3.63) is 90.3 Å².